The number of hydrogen-bond acceptors (Lipinski definition) is 1. The highest BCUT2D eigenvalue weighted by atomic mass is 32.2. The smallest absolute Gasteiger partial charge is 0.160 e. The number of rotatable bonds is 3. The van der Waals surface area contributed by atoms with Gasteiger partial charge in [0, 0.05) is 5.75 Å². The Bertz CT molecular complexity index is 397. The molecule has 0 bridgehead atoms. The van der Waals surface area contributed by atoms with Crippen molar-refractivity contribution in [2.75, 3.05) is 5.75 Å². The molecule has 0 unspecified atom stereocenters. The van der Waals surface area contributed by atoms with E-state index in [2.05, 4.69) is 20.8 Å². The van der Waals surface area contributed by atoms with Crippen LogP contribution in [0.4, 0.5) is 13.2 Å². The van der Waals surface area contributed by atoms with Gasteiger partial charge in [-0.25, -0.2) is 0 Å². The Morgan fingerprint density at radius 3 is 2.06 bits per heavy atom. The average molecular weight is 274 g/mol. The zero-order valence-electron chi connectivity index (χ0n) is 10.7. The Kier molecular flexibility index (Phi) is 4.91. The first-order valence-corrected chi connectivity index (χ1v) is 6.65. The van der Waals surface area contributed by atoms with Crippen LogP contribution in [0.5, 0.6) is 0 Å². The van der Waals surface area contributed by atoms with Gasteiger partial charge in [-0.2, -0.15) is 13.2 Å². The second-order valence-electron chi connectivity index (χ2n) is 5.03. The second-order valence-corrected chi connectivity index (χ2v) is 6.12. The van der Waals surface area contributed by atoms with Crippen LogP contribution < -0.4 is 0 Å². The standard InChI is InChI=1S/C14H17F3S/c1-13(2,3)12-8-6-11(7-9-12)5-4-10-18-14(15,16)17/h4-9H,10H2,1-3H3/b5-4+. The summed E-state index contributed by atoms with van der Waals surface area (Å²) in [5, 5.41) is 0. The topological polar surface area (TPSA) is 0 Å². The first kappa shape index (κ1) is 15.2. The highest BCUT2D eigenvalue weighted by Crippen LogP contribution is 2.30. The van der Waals surface area contributed by atoms with Crippen molar-refractivity contribution in [3.8, 4) is 0 Å². The van der Waals surface area contributed by atoms with E-state index in [1.165, 1.54) is 11.6 Å². The van der Waals surface area contributed by atoms with Crippen molar-refractivity contribution in [3.63, 3.8) is 0 Å². The highest BCUT2D eigenvalue weighted by molar-refractivity contribution is 8.00. The van der Waals surface area contributed by atoms with E-state index in [-0.39, 0.29) is 22.9 Å². The van der Waals surface area contributed by atoms with E-state index in [4.69, 9.17) is 0 Å². The fourth-order valence-corrected chi connectivity index (χ4v) is 1.80. The van der Waals surface area contributed by atoms with Gasteiger partial charge in [-0.1, -0.05) is 57.2 Å². The molecule has 0 spiro atoms. The van der Waals surface area contributed by atoms with Crippen LogP contribution in [-0.2, 0) is 5.41 Å². The van der Waals surface area contributed by atoms with E-state index < -0.39 is 5.51 Å². The summed E-state index contributed by atoms with van der Waals surface area (Å²) in [7, 11) is 0. The minimum atomic E-state index is -4.15. The number of thioether (sulfide) groups is 1. The quantitative estimate of drug-likeness (QED) is 0.725. The third-order valence-electron chi connectivity index (χ3n) is 2.43. The molecule has 0 radical (unpaired) electrons. The number of hydrogen-bond donors (Lipinski definition) is 0. The first-order chi connectivity index (χ1) is 8.18. The molecule has 0 aromatic heterocycles. The van der Waals surface area contributed by atoms with Crippen LogP contribution in [0, 0.1) is 0 Å². The molecule has 0 fully saturated rings. The van der Waals surface area contributed by atoms with Crippen molar-refractivity contribution in [1.82, 2.24) is 0 Å². The Morgan fingerprint density at radius 1 is 1.06 bits per heavy atom. The SMILES string of the molecule is CC(C)(C)c1ccc(/C=C/CSC(F)(F)F)cc1. The number of halogens is 3. The molecule has 0 N–H and O–H groups in total. The van der Waals surface area contributed by atoms with Crippen LogP contribution in [-0.4, -0.2) is 11.3 Å². The summed E-state index contributed by atoms with van der Waals surface area (Å²) in [4.78, 5) is 0. The maximum Gasteiger partial charge on any atom is 0.442 e. The molecular weight excluding hydrogens is 257 g/mol. The number of benzene rings is 1. The van der Waals surface area contributed by atoms with Gasteiger partial charge in [0.1, 0.15) is 0 Å². The van der Waals surface area contributed by atoms with Gasteiger partial charge < -0.3 is 0 Å². The fraction of sp³-hybridized carbons (Fsp3) is 0.429. The molecule has 1 aromatic rings. The Labute approximate surface area is 110 Å². The van der Waals surface area contributed by atoms with Gasteiger partial charge in [0.25, 0.3) is 0 Å². The monoisotopic (exact) mass is 274 g/mol. The zero-order chi connectivity index (χ0) is 13.8. The average Bonchev–Trinajstić information content (AvgIpc) is 2.22. The van der Waals surface area contributed by atoms with Crippen LogP contribution in [0.2, 0.25) is 0 Å². The third-order valence-corrected chi connectivity index (χ3v) is 3.12. The lowest BCUT2D eigenvalue weighted by Gasteiger charge is -2.18. The summed E-state index contributed by atoms with van der Waals surface area (Å²) < 4.78 is 35.7. The molecule has 0 heterocycles. The molecular formula is C14H17F3S. The maximum absolute atomic E-state index is 11.9. The van der Waals surface area contributed by atoms with E-state index in [1.807, 2.05) is 24.3 Å². The van der Waals surface area contributed by atoms with E-state index in [1.54, 1.807) is 6.08 Å². The summed E-state index contributed by atoms with van der Waals surface area (Å²) in [5.41, 5.74) is -1.93. The molecule has 0 aliphatic heterocycles. The lowest BCUT2D eigenvalue weighted by molar-refractivity contribution is -0.0326. The molecule has 4 heteroatoms. The summed E-state index contributed by atoms with van der Waals surface area (Å²) in [6, 6.07) is 7.87. The fourth-order valence-electron chi connectivity index (χ4n) is 1.42. The molecule has 18 heavy (non-hydrogen) atoms. The minimum Gasteiger partial charge on any atom is -0.160 e. The van der Waals surface area contributed by atoms with Crippen molar-refractivity contribution >= 4 is 17.8 Å². The van der Waals surface area contributed by atoms with Crippen molar-refractivity contribution in [2.24, 2.45) is 0 Å². The maximum atomic E-state index is 11.9. The Morgan fingerprint density at radius 2 is 1.61 bits per heavy atom. The Hall–Kier alpha value is -0.900. The lowest BCUT2D eigenvalue weighted by Crippen LogP contribution is -2.10. The van der Waals surface area contributed by atoms with Crippen molar-refractivity contribution in [2.45, 2.75) is 31.7 Å². The largest absolute Gasteiger partial charge is 0.442 e. The van der Waals surface area contributed by atoms with Crippen LogP contribution in [0.1, 0.15) is 31.9 Å². The predicted octanol–water partition coefficient (Wildman–Crippen LogP) is 5.25. The van der Waals surface area contributed by atoms with Gasteiger partial charge in [-0.05, 0) is 28.3 Å². The summed E-state index contributed by atoms with van der Waals surface area (Å²) in [6.07, 6.45) is 3.25. The second kappa shape index (κ2) is 5.83. The predicted molar refractivity (Wildman–Crippen MR) is 72.7 cm³/mol. The molecule has 1 aromatic carbocycles. The molecule has 0 amide bonds. The van der Waals surface area contributed by atoms with Crippen molar-refractivity contribution in [3.05, 3.63) is 41.5 Å². The van der Waals surface area contributed by atoms with E-state index in [0.29, 0.717) is 0 Å². The van der Waals surface area contributed by atoms with E-state index in [9.17, 15) is 13.2 Å². The van der Waals surface area contributed by atoms with Gasteiger partial charge >= 0.3 is 5.51 Å². The molecule has 0 saturated heterocycles. The molecule has 0 atom stereocenters. The van der Waals surface area contributed by atoms with Crippen molar-refractivity contribution in [1.29, 1.82) is 0 Å². The molecule has 100 valence electrons. The normalized spacial score (nSPS) is 13.2. The van der Waals surface area contributed by atoms with Gasteiger partial charge in [0.15, 0.2) is 0 Å². The van der Waals surface area contributed by atoms with Gasteiger partial charge in [0.2, 0.25) is 0 Å². The molecule has 0 aliphatic carbocycles. The van der Waals surface area contributed by atoms with Crippen LogP contribution in [0.25, 0.3) is 6.08 Å². The van der Waals surface area contributed by atoms with Crippen molar-refractivity contribution < 1.29 is 13.2 Å². The van der Waals surface area contributed by atoms with Crippen LogP contribution in [0.15, 0.2) is 30.3 Å². The van der Waals surface area contributed by atoms with Crippen LogP contribution >= 0.6 is 11.8 Å². The van der Waals surface area contributed by atoms with Gasteiger partial charge in [-0.3, -0.25) is 0 Å². The van der Waals surface area contributed by atoms with E-state index in [0.717, 1.165) is 5.56 Å². The zero-order valence-corrected chi connectivity index (χ0v) is 11.5. The molecule has 0 nitrogen and oxygen atoms in total. The summed E-state index contributed by atoms with van der Waals surface area (Å²) in [6.45, 7) is 6.37. The minimum absolute atomic E-state index is 0.0266. The van der Waals surface area contributed by atoms with E-state index >= 15 is 0 Å². The third kappa shape index (κ3) is 5.63. The summed E-state index contributed by atoms with van der Waals surface area (Å²) in [5.74, 6) is -0.0511. The van der Waals surface area contributed by atoms with Gasteiger partial charge in [0.05, 0.1) is 0 Å². The Balaban J connectivity index is 2.57. The summed E-state index contributed by atoms with van der Waals surface area (Å²) >= 11 is -0.0266. The molecule has 0 saturated carbocycles. The lowest BCUT2D eigenvalue weighted by atomic mass is 9.87. The molecule has 0 aliphatic rings. The number of alkyl halides is 3. The van der Waals surface area contributed by atoms with Gasteiger partial charge in [-0.15, -0.1) is 0 Å². The van der Waals surface area contributed by atoms with Crippen LogP contribution in [0.3, 0.4) is 0 Å². The first-order valence-electron chi connectivity index (χ1n) is 5.66. The highest BCUT2D eigenvalue weighted by Gasteiger charge is 2.26. The molecule has 1 rings (SSSR count).